The maximum atomic E-state index is 6.15. The molecule has 0 amide bonds. The zero-order valence-corrected chi connectivity index (χ0v) is 9.71. The summed E-state index contributed by atoms with van der Waals surface area (Å²) >= 11 is 6.15. The van der Waals surface area contributed by atoms with E-state index in [2.05, 4.69) is 12.1 Å². The van der Waals surface area contributed by atoms with Crippen LogP contribution < -0.4 is 5.73 Å². The molecule has 1 saturated carbocycles. The first-order valence-corrected chi connectivity index (χ1v) is 6.12. The highest BCUT2D eigenvalue weighted by molar-refractivity contribution is 6.31. The number of hydrogen-bond donors (Lipinski definition) is 1. The van der Waals surface area contributed by atoms with E-state index < -0.39 is 0 Å². The normalized spacial score (nSPS) is 26.5. The van der Waals surface area contributed by atoms with Crippen LogP contribution in [0.15, 0.2) is 24.3 Å². The minimum absolute atomic E-state index is 0.437. The first-order chi connectivity index (χ1) is 7.25. The third kappa shape index (κ3) is 2.96. The van der Waals surface area contributed by atoms with Crippen LogP contribution in [0.4, 0.5) is 0 Å². The molecule has 2 rings (SSSR count). The predicted molar refractivity (Wildman–Crippen MR) is 65.1 cm³/mol. The highest BCUT2D eigenvalue weighted by Gasteiger charge is 2.19. The zero-order valence-electron chi connectivity index (χ0n) is 8.95. The molecule has 1 fully saturated rings. The van der Waals surface area contributed by atoms with Crippen LogP contribution in [0.5, 0.6) is 0 Å². The third-order valence-electron chi connectivity index (χ3n) is 3.36. The lowest BCUT2D eigenvalue weighted by atomic mass is 9.83. The molecule has 0 aromatic heterocycles. The minimum Gasteiger partial charge on any atom is -0.328 e. The Hall–Kier alpha value is -0.530. The SMILES string of the molecule is NC1CCC(Cc2ccccc2Cl)CC1. The van der Waals surface area contributed by atoms with Crippen LogP contribution in [-0.2, 0) is 6.42 Å². The van der Waals surface area contributed by atoms with Gasteiger partial charge in [-0.05, 0) is 49.7 Å². The van der Waals surface area contributed by atoms with Crippen LogP contribution in [0, 0.1) is 5.92 Å². The standard InChI is InChI=1S/C13H18ClN/c14-13-4-2-1-3-11(13)9-10-5-7-12(15)8-6-10/h1-4,10,12H,5-9,15H2. The van der Waals surface area contributed by atoms with E-state index in [9.17, 15) is 0 Å². The summed E-state index contributed by atoms with van der Waals surface area (Å²) in [7, 11) is 0. The summed E-state index contributed by atoms with van der Waals surface area (Å²) in [4.78, 5) is 0. The molecule has 1 aromatic rings. The fourth-order valence-electron chi connectivity index (χ4n) is 2.37. The number of rotatable bonds is 2. The Morgan fingerprint density at radius 3 is 2.47 bits per heavy atom. The van der Waals surface area contributed by atoms with Gasteiger partial charge < -0.3 is 5.73 Å². The van der Waals surface area contributed by atoms with Crippen molar-refractivity contribution in [3.05, 3.63) is 34.9 Å². The van der Waals surface area contributed by atoms with Gasteiger partial charge in [0.2, 0.25) is 0 Å². The number of halogens is 1. The predicted octanol–water partition coefficient (Wildman–Crippen LogP) is 3.40. The molecule has 2 N–H and O–H groups in total. The summed E-state index contributed by atoms with van der Waals surface area (Å²) in [6, 6.07) is 8.60. The Labute approximate surface area is 96.6 Å². The highest BCUT2D eigenvalue weighted by Crippen LogP contribution is 2.28. The van der Waals surface area contributed by atoms with Crippen LogP contribution in [0.1, 0.15) is 31.2 Å². The first kappa shape index (κ1) is 11.0. The molecular weight excluding hydrogens is 206 g/mol. The Kier molecular flexibility index (Phi) is 3.66. The van der Waals surface area contributed by atoms with Crippen molar-refractivity contribution in [2.24, 2.45) is 11.7 Å². The summed E-state index contributed by atoms with van der Waals surface area (Å²) in [5, 5.41) is 0.910. The molecule has 0 atom stereocenters. The van der Waals surface area contributed by atoms with Gasteiger partial charge in [0, 0.05) is 11.1 Å². The van der Waals surface area contributed by atoms with Crippen molar-refractivity contribution in [3.8, 4) is 0 Å². The van der Waals surface area contributed by atoms with Gasteiger partial charge in [-0.1, -0.05) is 29.8 Å². The molecule has 0 saturated heterocycles. The minimum atomic E-state index is 0.437. The van der Waals surface area contributed by atoms with Gasteiger partial charge in [0.05, 0.1) is 0 Å². The van der Waals surface area contributed by atoms with Gasteiger partial charge in [-0.15, -0.1) is 0 Å². The fraction of sp³-hybridized carbons (Fsp3) is 0.538. The van der Waals surface area contributed by atoms with E-state index in [1.807, 2.05) is 12.1 Å². The Morgan fingerprint density at radius 1 is 1.13 bits per heavy atom. The fourth-order valence-corrected chi connectivity index (χ4v) is 2.58. The van der Waals surface area contributed by atoms with Crippen LogP contribution in [0.2, 0.25) is 5.02 Å². The lowest BCUT2D eigenvalue weighted by molar-refractivity contribution is 0.325. The molecule has 15 heavy (non-hydrogen) atoms. The van der Waals surface area contributed by atoms with E-state index in [0.29, 0.717) is 6.04 Å². The molecule has 0 aliphatic heterocycles. The largest absolute Gasteiger partial charge is 0.328 e. The Morgan fingerprint density at radius 2 is 1.80 bits per heavy atom. The van der Waals surface area contributed by atoms with E-state index in [4.69, 9.17) is 17.3 Å². The van der Waals surface area contributed by atoms with Crippen molar-refractivity contribution in [1.82, 2.24) is 0 Å². The van der Waals surface area contributed by atoms with Gasteiger partial charge in [0.1, 0.15) is 0 Å². The molecule has 0 bridgehead atoms. The molecule has 82 valence electrons. The first-order valence-electron chi connectivity index (χ1n) is 5.74. The molecule has 0 heterocycles. The number of benzene rings is 1. The molecule has 1 nitrogen and oxygen atoms in total. The monoisotopic (exact) mass is 223 g/mol. The Balaban J connectivity index is 1.95. The van der Waals surface area contributed by atoms with Crippen LogP contribution in [0.3, 0.4) is 0 Å². The molecule has 0 spiro atoms. The average molecular weight is 224 g/mol. The molecule has 0 radical (unpaired) electrons. The Bertz CT molecular complexity index is 316. The van der Waals surface area contributed by atoms with E-state index in [0.717, 1.165) is 17.4 Å². The van der Waals surface area contributed by atoms with Gasteiger partial charge >= 0.3 is 0 Å². The lowest BCUT2D eigenvalue weighted by Crippen LogP contribution is -2.27. The zero-order chi connectivity index (χ0) is 10.7. The van der Waals surface area contributed by atoms with Crippen LogP contribution >= 0.6 is 11.6 Å². The third-order valence-corrected chi connectivity index (χ3v) is 3.73. The van der Waals surface area contributed by atoms with E-state index in [1.165, 1.54) is 31.2 Å². The highest BCUT2D eigenvalue weighted by atomic mass is 35.5. The van der Waals surface area contributed by atoms with Crippen molar-refractivity contribution >= 4 is 11.6 Å². The van der Waals surface area contributed by atoms with Gasteiger partial charge in [-0.2, -0.15) is 0 Å². The number of nitrogens with two attached hydrogens (primary N) is 1. The summed E-state index contributed by atoms with van der Waals surface area (Å²) in [6.45, 7) is 0. The summed E-state index contributed by atoms with van der Waals surface area (Å²) in [6.07, 6.45) is 5.98. The quantitative estimate of drug-likeness (QED) is 0.817. The summed E-state index contributed by atoms with van der Waals surface area (Å²) in [5.74, 6) is 0.782. The molecule has 1 aromatic carbocycles. The van der Waals surface area contributed by atoms with Crippen LogP contribution in [0.25, 0.3) is 0 Å². The molecular formula is C13H18ClN. The van der Waals surface area contributed by atoms with E-state index >= 15 is 0 Å². The lowest BCUT2D eigenvalue weighted by Gasteiger charge is -2.26. The summed E-state index contributed by atoms with van der Waals surface area (Å²) < 4.78 is 0. The van der Waals surface area contributed by atoms with E-state index in [1.54, 1.807) is 0 Å². The van der Waals surface area contributed by atoms with Crippen molar-refractivity contribution < 1.29 is 0 Å². The average Bonchev–Trinajstić information content (AvgIpc) is 2.25. The van der Waals surface area contributed by atoms with Gasteiger partial charge in [0.25, 0.3) is 0 Å². The van der Waals surface area contributed by atoms with Crippen molar-refractivity contribution in [1.29, 1.82) is 0 Å². The topological polar surface area (TPSA) is 26.0 Å². The second-order valence-corrected chi connectivity index (χ2v) is 4.98. The van der Waals surface area contributed by atoms with Gasteiger partial charge in [-0.3, -0.25) is 0 Å². The molecule has 1 aliphatic carbocycles. The second kappa shape index (κ2) is 5.00. The van der Waals surface area contributed by atoms with Crippen molar-refractivity contribution in [2.75, 3.05) is 0 Å². The summed E-state index contributed by atoms with van der Waals surface area (Å²) in [5.41, 5.74) is 7.19. The number of hydrogen-bond acceptors (Lipinski definition) is 1. The van der Waals surface area contributed by atoms with Gasteiger partial charge in [-0.25, -0.2) is 0 Å². The van der Waals surface area contributed by atoms with Crippen molar-refractivity contribution in [3.63, 3.8) is 0 Å². The van der Waals surface area contributed by atoms with Crippen LogP contribution in [-0.4, -0.2) is 6.04 Å². The molecule has 1 aliphatic rings. The smallest absolute Gasteiger partial charge is 0.0438 e. The van der Waals surface area contributed by atoms with Crippen molar-refractivity contribution in [2.45, 2.75) is 38.1 Å². The maximum Gasteiger partial charge on any atom is 0.0438 e. The second-order valence-electron chi connectivity index (χ2n) is 4.58. The van der Waals surface area contributed by atoms with E-state index in [-0.39, 0.29) is 0 Å². The maximum absolute atomic E-state index is 6.15. The van der Waals surface area contributed by atoms with Gasteiger partial charge in [0.15, 0.2) is 0 Å². The molecule has 0 unspecified atom stereocenters. The molecule has 2 heteroatoms.